The van der Waals surface area contributed by atoms with Crippen LogP contribution in [0.3, 0.4) is 0 Å². The minimum Gasteiger partial charge on any atom is -0.316 e. The van der Waals surface area contributed by atoms with Crippen molar-refractivity contribution < 1.29 is 0 Å². The Bertz CT molecular complexity index is 297. The molecule has 0 radical (unpaired) electrons. The van der Waals surface area contributed by atoms with Gasteiger partial charge in [0.15, 0.2) is 0 Å². The maximum Gasteiger partial charge on any atom is 0.0176 e. The van der Waals surface area contributed by atoms with Gasteiger partial charge in [0.25, 0.3) is 0 Å². The molecule has 16 heavy (non-hydrogen) atoms. The Morgan fingerprint density at radius 2 is 1.88 bits per heavy atom. The second-order valence-electron chi connectivity index (χ2n) is 4.38. The lowest BCUT2D eigenvalue weighted by Crippen LogP contribution is -2.29. The maximum absolute atomic E-state index is 3.45. The van der Waals surface area contributed by atoms with Crippen LogP contribution in [0.4, 0.5) is 0 Å². The molecule has 0 aliphatic carbocycles. The third-order valence-corrected chi connectivity index (χ3v) is 4.13. The molecule has 0 aliphatic heterocycles. The van der Waals surface area contributed by atoms with Gasteiger partial charge in [-0.05, 0) is 43.7 Å². The summed E-state index contributed by atoms with van der Waals surface area (Å²) in [4.78, 5) is 1.34. The summed E-state index contributed by atoms with van der Waals surface area (Å²) >= 11 is 5.37. The molecule has 0 bridgehead atoms. The zero-order chi connectivity index (χ0) is 12.0. The summed E-state index contributed by atoms with van der Waals surface area (Å²) in [7, 11) is 2.05. The number of nitrogens with one attached hydrogen (secondary N) is 1. The fourth-order valence-corrected chi connectivity index (χ4v) is 2.86. The smallest absolute Gasteiger partial charge is 0.0176 e. The van der Waals surface area contributed by atoms with Crippen LogP contribution in [0.25, 0.3) is 0 Å². The summed E-state index contributed by atoms with van der Waals surface area (Å²) in [6.07, 6.45) is 1.24. The Morgan fingerprint density at radius 3 is 2.38 bits per heavy atom. The van der Waals surface area contributed by atoms with Gasteiger partial charge in [0, 0.05) is 21.2 Å². The van der Waals surface area contributed by atoms with Crippen molar-refractivity contribution in [3.05, 3.63) is 28.7 Å². The molecule has 0 spiro atoms. The van der Waals surface area contributed by atoms with Crippen LogP contribution in [-0.2, 0) is 0 Å². The van der Waals surface area contributed by atoms with Crippen molar-refractivity contribution in [2.75, 3.05) is 12.8 Å². The third kappa shape index (κ3) is 5.37. The molecule has 0 amide bonds. The minimum atomic E-state index is 0.605. The van der Waals surface area contributed by atoms with Crippen LogP contribution < -0.4 is 5.32 Å². The zero-order valence-corrected chi connectivity index (χ0v) is 12.6. The molecule has 0 saturated heterocycles. The Kier molecular flexibility index (Phi) is 6.47. The molecule has 1 aromatic carbocycles. The van der Waals surface area contributed by atoms with Crippen molar-refractivity contribution in [2.24, 2.45) is 5.92 Å². The van der Waals surface area contributed by atoms with Crippen LogP contribution in [0.1, 0.15) is 20.3 Å². The van der Waals surface area contributed by atoms with E-state index >= 15 is 0 Å². The lowest BCUT2D eigenvalue weighted by atomic mass is 10.1. The molecule has 0 heterocycles. The molecule has 0 saturated carbocycles. The Hall–Kier alpha value is 0.01000. The summed E-state index contributed by atoms with van der Waals surface area (Å²) in [5, 5.41) is 3.38. The highest BCUT2D eigenvalue weighted by atomic mass is 79.9. The van der Waals surface area contributed by atoms with E-state index in [9.17, 15) is 0 Å². The van der Waals surface area contributed by atoms with Crippen molar-refractivity contribution in [3.63, 3.8) is 0 Å². The van der Waals surface area contributed by atoms with Gasteiger partial charge in [0.05, 0.1) is 0 Å². The molecular formula is C13H20BrNS. The molecule has 1 atom stereocenters. The van der Waals surface area contributed by atoms with E-state index < -0.39 is 0 Å². The molecule has 1 aromatic rings. The highest BCUT2D eigenvalue weighted by Crippen LogP contribution is 2.22. The van der Waals surface area contributed by atoms with Crippen molar-refractivity contribution in [2.45, 2.75) is 31.2 Å². The highest BCUT2D eigenvalue weighted by Gasteiger charge is 2.08. The van der Waals surface area contributed by atoms with Gasteiger partial charge in [-0.25, -0.2) is 0 Å². The fraction of sp³-hybridized carbons (Fsp3) is 0.538. The van der Waals surface area contributed by atoms with Gasteiger partial charge < -0.3 is 5.32 Å². The normalized spacial score (nSPS) is 13.1. The van der Waals surface area contributed by atoms with Crippen molar-refractivity contribution in [3.8, 4) is 0 Å². The Labute approximate surface area is 112 Å². The van der Waals surface area contributed by atoms with E-state index in [0.29, 0.717) is 6.04 Å². The average molecular weight is 302 g/mol. The van der Waals surface area contributed by atoms with E-state index in [1.165, 1.54) is 11.3 Å². The number of hydrogen-bond acceptors (Lipinski definition) is 2. The molecule has 90 valence electrons. The van der Waals surface area contributed by atoms with Crippen LogP contribution in [-0.4, -0.2) is 18.8 Å². The van der Waals surface area contributed by atoms with Gasteiger partial charge in [0.2, 0.25) is 0 Å². The summed E-state index contributed by atoms with van der Waals surface area (Å²) in [6.45, 7) is 4.54. The molecule has 0 fully saturated rings. The second kappa shape index (κ2) is 7.36. The predicted octanol–water partition coefficient (Wildman–Crippen LogP) is 4.18. The van der Waals surface area contributed by atoms with Crippen LogP contribution in [0, 0.1) is 5.92 Å². The van der Waals surface area contributed by atoms with Gasteiger partial charge in [-0.15, -0.1) is 11.8 Å². The Balaban J connectivity index is 2.40. The lowest BCUT2D eigenvalue weighted by Gasteiger charge is -2.17. The first-order chi connectivity index (χ1) is 7.61. The number of benzene rings is 1. The lowest BCUT2D eigenvalue weighted by molar-refractivity contribution is 0.474. The predicted molar refractivity (Wildman–Crippen MR) is 77.2 cm³/mol. The largest absolute Gasteiger partial charge is 0.316 e. The highest BCUT2D eigenvalue weighted by molar-refractivity contribution is 9.10. The van der Waals surface area contributed by atoms with Gasteiger partial charge in [-0.2, -0.15) is 0 Å². The first kappa shape index (κ1) is 14.1. The topological polar surface area (TPSA) is 12.0 Å². The fourth-order valence-electron chi connectivity index (χ4n) is 1.57. The molecule has 1 unspecified atom stereocenters. The van der Waals surface area contributed by atoms with E-state index in [-0.39, 0.29) is 0 Å². The third-order valence-electron chi connectivity index (χ3n) is 2.43. The number of hydrogen-bond donors (Lipinski definition) is 1. The average Bonchev–Trinajstić information content (AvgIpc) is 2.26. The van der Waals surface area contributed by atoms with E-state index in [2.05, 4.69) is 66.4 Å². The molecule has 1 N–H and O–H groups in total. The van der Waals surface area contributed by atoms with Crippen molar-refractivity contribution >= 4 is 27.7 Å². The van der Waals surface area contributed by atoms with Crippen molar-refractivity contribution in [1.82, 2.24) is 5.32 Å². The first-order valence-corrected chi connectivity index (χ1v) is 7.45. The van der Waals surface area contributed by atoms with Gasteiger partial charge in [0.1, 0.15) is 0 Å². The van der Waals surface area contributed by atoms with Crippen molar-refractivity contribution in [1.29, 1.82) is 0 Å². The van der Waals surface area contributed by atoms with Crippen LogP contribution in [0.2, 0.25) is 0 Å². The molecular weight excluding hydrogens is 282 g/mol. The van der Waals surface area contributed by atoms with E-state index in [0.717, 1.165) is 16.1 Å². The summed E-state index contributed by atoms with van der Waals surface area (Å²) in [5.74, 6) is 1.89. The van der Waals surface area contributed by atoms with Crippen LogP contribution in [0.15, 0.2) is 33.6 Å². The number of halogens is 1. The number of thioether (sulfide) groups is 1. The summed E-state index contributed by atoms with van der Waals surface area (Å²) in [6, 6.07) is 9.13. The molecule has 0 aromatic heterocycles. The van der Waals surface area contributed by atoms with Crippen LogP contribution >= 0.6 is 27.7 Å². The van der Waals surface area contributed by atoms with E-state index in [1.54, 1.807) is 0 Å². The maximum atomic E-state index is 3.45. The monoisotopic (exact) mass is 301 g/mol. The quantitative estimate of drug-likeness (QED) is 0.791. The Morgan fingerprint density at radius 1 is 1.25 bits per heavy atom. The van der Waals surface area contributed by atoms with E-state index in [4.69, 9.17) is 0 Å². The van der Waals surface area contributed by atoms with Gasteiger partial charge >= 0.3 is 0 Å². The van der Waals surface area contributed by atoms with Gasteiger partial charge in [-0.3, -0.25) is 0 Å². The van der Waals surface area contributed by atoms with Crippen LogP contribution in [0.5, 0.6) is 0 Å². The second-order valence-corrected chi connectivity index (χ2v) is 6.39. The van der Waals surface area contributed by atoms with Gasteiger partial charge in [-0.1, -0.05) is 29.8 Å². The first-order valence-electron chi connectivity index (χ1n) is 5.67. The molecule has 3 heteroatoms. The number of rotatable bonds is 6. The molecule has 1 rings (SSSR count). The molecule has 1 nitrogen and oxygen atoms in total. The summed E-state index contributed by atoms with van der Waals surface area (Å²) < 4.78 is 1.14. The SMILES string of the molecule is CNC(CSc1ccc(Br)cc1)CC(C)C. The minimum absolute atomic E-state index is 0.605. The standard InChI is InChI=1S/C13H20BrNS/c1-10(2)8-12(15-3)9-16-13-6-4-11(14)5-7-13/h4-7,10,12,15H,8-9H2,1-3H3. The molecule has 0 aliphatic rings. The van der Waals surface area contributed by atoms with E-state index in [1.807, 2.05) is 11.8 Å². The summed E-state index contributed by atoms with van der Waals surface area (Å²) in [5.41, 5.74) is 0. The zero-order valence-electron chi connectivity index (χ0n) is 10.2.